The summed E-state index contributed by atoms with van der Waals surface area (Å²) in [7, 11) is -3.65. The Kier molecular flexibility index (Phi) is 5.32. The molecular formula is C12H17N5O5S. The summed E-state index contributed by atoms with van der Waals surface area (Å²) in [5.41, 5.74) is 5.68. The first-order valence-corrected chi connectivity index (χ1v) is 8.59. The number of hydrazine groups is 1. The lowest BCUT2D eigenvalue weighted by molar-refractivity contribution is 0.0940. The molecule has 1 amide bonds. The van der Waals surface area contributed by atoms with Crippen LogP contribution in [0.15, 0.2) is 4.63 Å². The van der Waals surface area contributed by atoms with Crippen LogP contribution < -0.4 is 16.2 Å². The van der Waals surface area contributed by atoms with Gasteiger partial charge in [0.25, 0.3) is 16.0 Å². The highest BCUT2D eigenvalue weighted by Crippen LogP contribution is 2.21. The Morgan fingerprint density at radius 1 is 1.43 bits per heavy atom. The first-order chi connectivity index (χ1) is 10.9. The van der Waals surface area contributed by atoms with Gasteiger partial charge in [-0.3, -0.25) is 8.98 Å². The second-order valence-electron chi connectivity index (χ2n) is 5.07. The van der Waals surface area contributed by atoms with E-state index in [-0.39, 0.29) is 17.1 Å². The Balaban J connectivity index is 1.82. The maximum absolute atomic E-state index is 12.0. The van der Waals surface area contributed by atoms with Crippen molar-refractivity contribution in [1.82, 2.24) is 26.5 Å². The third-order valence-corrected chi connectivity index (χ3v) is 3.74. The van der Waals surface area contributed by atoms with Gasteiger partial charge in [0.15, 0.2) is 5.69 Å². The molecule has 0 bridgehead atoms. The van der Waals surface area contributed by atoms with Crippen LogP contribution in [0.2, 0.25) is 0 Å². The number of carbonyl (C=O) groups is 1. The van der Waals surface area contributed by atoms with Crippen LogP contribution in [0.4, 0.5) is 0 Å². The number of nitrogens with one attached hydrogen (secondary N) is 3. The molecule has 1 aromatic heterocycles. The van der Waals surface area contributed by atoms with Gasteiger partial charge in [-0.2, -0.15) is 8.42 Å². The summed E-state index contributed by atoms with van der Waals surface area (Å²) in [5.74, 6) is 2.04. The Morgan fingerprint density at radius 3 is 2.78 bits per heavy atom. The summed E-state index contributed by atoms with van der Waals surface area (Å²) in [6.45, 7) is -0.0526. The molecule has 0 radical (unpaired) electrons. The molecule has 11 heteroatoms. The predicted octanol–water partition coefficient (Wildman–Crippen LogP) is -1.12. The van der Waals surface area contributed by atoms with Crippen molar-refractivity contribution in [3.8, 4) is 12.3 Å². The molecule has 2 rings (SSSR count). The lowest BCUT2D eigenvalue weighted by atomic mass is 10.1. The largest absolute Gasteiger partial charge is 0.350 e. The van der Waals surface area contributed by atoms with Crippen LogP contribution >= 0.6 is 0 Å². The molecule has 1 saturated heterocycles. The van der Waals surface area contributed by atoms with E-state index in [2.05, 4.69) is 41.2 Å². The van der Waals surface area contributed by atoms with E-state index >= 15 is 0 Å². The molecule has 0 saturated carbocycles. The van der Waals surface area contributed by atoms with Gasteiger partial charge < -0.3 is 5.32 Å². The molecule has 3 N–H and O–H groups in total. The van der Waals surface area contributed by atoms with E-state index in [0.29, 0.717) is 19.4 Å². The van der Waals surface area contributed by atoms with E-state index in [1.54, 1.807) is 0 Å². The SMILES string of the molecule is C#CCCC1(CCNC(=O)c2nonc2COS(C)(=O)=O)NN1. The zero-order valence-electron chi connectivity index (χ0n) is 12.5. The van der Waals surface area contributed by atoms with Gasteiger partial charge in [0.1, 0.15) is 12.3 Å². The molecule has 10 nitrogen and oxygen atoms in total. The molecule has 2 heterocycles. The van der Waals surface area contributed by atoms with Crippen LogP contribution in [0.1, 0.15) is 35.4 Å². The summed E-state index contributed by atoms with van der Waals surface area (Å²) >= 11 is 0. The number of carbonyl (C=O) groups excluding carboxylic acids is 1. The monoisotopic (exact) mass is 343 g/mol. The number of amides is 1. The minimum Gasteiger partial charge on any atom is -0.350 e. The van der Waals surface area contributed by atoms with Crippen LogP contribution in [0.5, 0.6) is 0 Å². The van der Waals surface area contributed by atoms with Crippen molar-refractivity contribution in [2.24, 2.45) is 0 Å². The highest BCUT2D eigenvalue weighted by Gasteiger charge is 2.40. The van der Waals surface area contributed by atoms with Crippen molar-refractivity contribution in [3.05, 3.63) is 11.4 Å². The van der Waals surface area contributed by atoms with Crippen molar-refractivity contribution in [3.63, 3.8) is 0 Å². The number of terminal acetylenes is 1. The molecule has 1 aliphatic rings. The van der Waals surface area contributed by atoms with Gasteiger partial charge in [-0.1, -0.05) is 5.16 Å². The fourth-order valence-corrected chi connectivity index (χ4v) is 2.18. The molecule has 0 aromatic carbocycles. The van der Waals surface area contributed by atoms with Crippen molar-refractivity contribution in [2.75, 3.05) is 12.8 Å². The van der Waals surface area contributed by atoms with Gasteiger partial charge in [0.2, 0.25) is 0 Å². The van der Waals surface area contributed by atoms with Gasteiger partial charge in [0, 0.05) is 13.0 Å². The van der Waals surface area contributed by atoms with Gasteiger partial charge in [-0.05, 0) is 18.0 Å². The quantitative estimate of drug-likeness (QED) is 0.287. The molecule has 1 aromatic rings. The fourth-order valence-electron chi connectivity index (χ4n) is 1.86. The highest BCUT2D eigenvalue weighted by molar-refractivity contribution is 7.85. The van der Waals surface area contributed by atoms with Gasteiger partial charge >= 0.3 is 0 Å². The number of hydrogen-bond donors (Lipinski definition) is 3. The average molecular weight is 343 g/mol. The standard InChI is InChI=1S/C12H17N5O5S/c1-3-4-5-12(16-17-12)6-7-13-11(18)10-9(14-22-15-10)8-21-23(2,19)20/h1,16-17H,4-8H2,2H3,(H,13,18). The molecule has 0 unspecified atom stereocenters. The Bertz CT molecular complexity index is 704. The molecule has 1 fully saturated rings. The third-order valence-electron chi connectivity index (χ3n) is 3.19. The maximum Gasteiger partial charge on any atom is 0.275 e. The molecule has 1 aliphatic heterocycles. The Hall–Kier alpha value is -2.00. The van der Waals surface area contributed by atoms with Crippen molar-refractivity contribution in [1.29, 1.82) is 0 Å². The van der Waals surface area contributed by atoms with Gasteiger partial charge in [-0.25, -0.2) is 15.5 Å². The smallest absolute Gasteiger partial charge is 0.275 e. The van der Waals surface area contributed by atoms with E-state index in [0.717, 1.165) is 12.7 Å². The Morgan fingerprint density at radius 2 is 2.17 bits per heavy atom. The van der Waals surface area contributed by atoms with Crippen LogP contribution in [0, 0.1) is 12.3 Å². The van der Waals surface area contributed by atoms with Crippen LogP contribution in [0.25, 0.3) is 0 Å². The molecule has 0 aliphatic carbocycles. The third kappa shape index (κ3) is 5.29. The summed E-state index contributed by atoms with van der Waals surface area (Å²) in [5, 5.41) is 9.59. The zero-order chi connectivity index (χ0) is 16.9. The first kappa shape index (κ1) is 17.4. The first-order valence-electron chi connectivity index (χ1n) is 6.77. The zero-order valence-corrected chi connectivity index (χ0v) is 13.3. The molecular weight excluding hydrogens is 326 g/mol. The normalized spacial score (nSPS) is 15.8. The van der Waals surface area contributed by atoms with E-state index in [4.69, 9.17) is 6.42 Å². The second-order valence-corrected chi connectivity index (χ2v) is 6.71. The van der Waals surface area contributed by atoms with Crippen LogP contribution in [0.3, 0.4) is 0 Å². The summed E-state index contributed by atoms with van der Waals surface area (Å²) in [6.07, 6.45) is 8.11. The lowest BCUT2D eigenvalue weighted by Gasteiger charge is -2.10. The van der Waals surface area contributed by atoms with Crippen LogP contribution in [-0.2, 0) is 20.9 Å². The fraction of sp³-hybridized carbons (Fsp3) is 0.583. The summed E-state index contributed by atoms with van der Waals surface area (Å²) < 4.78 is 30.9. The van der Waals surface area contributed by atoms with E-state index in [9.17, 15) is 13.2 Å². The Labute approximate surface area is 133 Å². The minimum absolute atomic E-state index is 0.0117. The van der Waals surface area contributed by atoms with Crippen LogP contribution in [-0.4, -0.2) is 43.1 Å². The van der Waals surface area contributed by atoms with Crippen molar-refractivity contribution < 1.29 is 22.0 Å². The van der Waals surface area contributed by atoms with E-state index in [1.807, 2.05) is 0 Å². The molecule has 23 heavy (non-hydrogen) atoms. The van der Waals surface area contributed by atoms with E-state index in [1.165, 1.54) is 0 Å². The number of aromatic nitrogens is 2. The van der Waals surface area contributed by atoms with Crippen molar-refractivity contribution >= 4 is 16.0 Å². The average Bonchev–Trinajstić information content (AvgIpc) is 3.08. The number of nitrogens with zero attached hydrogens (tertiary/aromatic N) is 2. The molecule has 126 valence electrons. The summed E-state index contributed by atoms with van der Waals surface area (Å²) in [6, 6.07) is 0. The number of hydrogen-bond acceptors (Lipinski definition) is 9. The molecule has 0 spiro atoms. The predicted molar refractivity (Wildman–Crippen MR) is 78.0 cm³/mol. The lowest BCUT2D eigenvalue weighted by Crippen LogP contribution is -2.31. The number of rotatable bonds is 9. The molecule has 0 atom stereocenters. The second kappa shape index (κ2) is 7.05. The highest BCUT2D eigenvalue weighted by atomic mass is 32.2. The minimum atomic E-state index is -3.65. The van der Waals surface area contributed by atoms with Gasteiger partial charge in [-0.15, -0.1) is 12.3 Å². The van der Waals surface area contributed by atoms with Gasteiger partial charge in [0.05, 0.1) is 11.9 Å². The maximum atomic E-state index is 12.0. The summed E-state index contributed by atoms with van der Waals surface area (Å²) in [4.78, 5) is 12.0. The van der Waals surface area contributed by atoms with E-state index < -0.39 is 22.6 Å². The van der Waals surface area contributed by atoms with Crippen molar-refractivity contribution in [2.45, 2.75) is 31.5 Å². The topological polar surface area (TPSA) is 155 Å².